The van der Waals surface area contributed by atoms with Crippen LogP contribution in [0.1, 0.15) is 40.5 Å². The van der Waals surface area contributed by atoms with Gasteiger partial charge in [-0.05, 0) is 27.2 Å². The summed E-state index contributed by atoms with van der Waals surface area (Å²) < 4.78 is 5.00. The van der Waals surface area contributed by atoms with Gasteiger partial charge in [0.05, 0.1) is 5.92 Å². The summed E-state index contributed by atoms with van der Waals surface area (Å²) in [6.07, 6.45) is 0.743. The molecule has 94 valence electrons. The van der Waals surface area contributed by atoms with Crippen LogP contribution < -0.4 is 5.32 Å². The fourth-order valence-electron chi connectivity index (χ4n) is 1.18. The Kier molecular flexibility index (Phi) is 5.85. The third-order valence-electron chi connectivity index (χ3n) is 1.88. The van der Waals surface area contributed by atoms with Gasteiger partial charge in [0.2, 0.25) is 0 Å². The molecule has 0 radical (unpaired) electrons. The van der Waals surface area contributed by atoms with E-state index in [0.717, 1.165) is 6.42 Å². The number of hydrogen-bond acceptors (Lipinski definition) is 3. The third-order valence-corrected chi connectivity index (χ3v) is 1.88. The number of carboxylic acids is 1. The molecule has 0 saturated carbocycles. The van der Waals surface area contributed by atoms with Crippen molar-refractivity contribution in [2.75, 3.05) is 6.54 Å². The molecule has 16 heavy (non-hydrogen) atoms. The number of ether oxygens (including phenoxy) is 1. The Morgan fingerprint density at radius 2 is 1.94 bits per heavy atom. The van der Waals surface area contributed by atoms with Crippen LogP contribution in [-0.4, -0.2) is 29.3 Å². The Balaban J connectivity index is 4.01. The van der Waals surface area contributed by atoms with E-state index in [-0.39, 0.29) is 6.54 Å². The van der Waals surface area contributed by atoms with Crippen LogP contribution in [0, 0.1) is 5.92 Å². The Morgan fingerprint density at radius 3 is 2.31 bits per heavy atom. The van der Waals surface area contributed by atoms with E-state index in [1.54, 1.807) is 20.8 Å². The number of carboxylic acid groups (broad SMARTS) is 1. The summed E-state index contributed by atoms with van der Waals surface area (Å²) in [4.78, 5) is 22.1. The first kappa shape index (κ1) is 14.7. The second kappa shape index (κ2) is 6.35. The topological polar surface area (TPSA) is 75.6 Å². The van der Waals surface area contributed by atoms with Gasteiger partial charge in [0, 0.05) is 6.54 Å². The molecular formula is C11H21NO4. The predicted octanol–water partition coefficient (Wildman–Crippen LogP) is 2.01. The largest absolute Gasteiger partial charge is 0.481 e. The molecule has 0 fully saturated rings. The van der Waals surface area contributed by atoms with Crippen molar-refractivity contribution in [3.63, 3.8) is 0 Å². The fraction of sp³-hybridized carbons (Fsp3) is 0.818. The van der Waals surface area contributed by atoms with Crippen molar-refractivity contribution in [3.8, 4) is 0 Å². The summed E-state index contributed by atoms with van der Waals surface area (Å²) in [7, 11) is 0. The summed E-state index contributed by atoms with van der Waals surface area (Å²) in [5.41, 5.74) is -0.562. The monoisotopic (exact) mass is 231 g/mol. The predicted molar refractivity (Wildman–Crippen MR) is 60.3 cm³/mol. The van der Waals surface area contributed by atoms with Gasteiger partial charge >= 0.3 is 12.1 Å². The summed E-state index contributed by atoms with van der Waals surface area (Å²) in [6.45, 7) is 7.29. The van der Waals surface area contributed by atoms with Gasteiger partial charge in [-0.3, -0.25) is 4.79 Å². The molecule has 5 heteroatoms. The number of rotatable bonds is 5. The zero-order chi connectivity index (χ0) is 12.8. The molecule has 0 aliphatic carbocycles. The number of alkyl carbamates (subject to hydrolysis) is 1. The minimum absolute atomic E-state index is 0.109. The van der Waals surface area contributed by atoms with Crippen LogP contribution in [0.25, 0.3) is 0 Å². The molecule has 0 heterocycles. The van der Waals surface area contributed by atoms with E-state index in [4.69, 9.17) is 9.84 Å². The molecular weight excluding hydrogens is 210 g/mol. The molecule has 0 rings (SSSR count). The quantitative estimate of drug-likeness (QED) is 0.759. The number of nitrogens with one attached hydrogen (secondary N) is 1. The maximum Gasteiger partial charge on any atom is 0.407 e. The molecule has 0 aromatic rings. The first-order valence-corrected chi connectivity index (χ1v) is 5.46. The van der Waals surface area contributed by atoms with Crippen LogP contribution in [0.3, 0.4) is 0 Å². The molecule has 0 bridgehead atoms. The van der Waals surface area contributed by atoms with Gasteiger partial charge in [-0.25, -0.2) is 4.79 Å². The molecule has 1 atom stereocenters. The molecule has 0 aromatic carbocycles. The average molecular weight is 231 g/mol. The standard InChI is InChI=1S/C11H21NO4/c1-5-6-8(9(13)14)7-12-10(15)16-11(2,3)4/h8H,5-7H2,1-4H3,(H,12,15)(H,13,14)/t8-/m0/s1. The smallest absolute Gasteiger partial charge is 0.407 e. The second-order valence-corrected chi connectivity index (χ2v) is 4.71. The lowest BCUT2D eigenvalue weighted by Crippen LogP contribution is -2.37. The van der Waals surface area contributed by atoms with E-state index < -0.39 is 23.6 Å². The second-order valence-electron chi connectivity index (χ2n) is 4.71. The third kappa shape index (κ3) is 7.09. The van der Waals surface area contributed by atoms with Crippen LogP contribution in [0.15, 0.2) is 0 Å². The lowest BCUT2D eigenvalue weighted by molar-refractivity contribution is -0.141. The molecule has 2 N–H and O–H groups in total. The highest BCUT2D eigenvalue weighted by Gasteiger charge is 2.20. The van der Waals surface area contributed by atoms with Crippen molar-refractivity contribution in [2.24, 2.45) is 5.92 Å². The fourth-order valence-corrected chi connectivity index (χ4v) is 1.18. The molecule has 0 aliphatic rings. The van der Waals surface area contributed by atoms with Gasteiger partial charge < -0.3 is 15.2 Å². The van der Waals surface area contributed by atoms with Gasteiger partial charge in [-0.15, -0.1) is 0 Å². The van der Waals surface area contributed by atoms with Crippen molar-refractivity contribution in [3.05, 3.63) is 0 Å². The highest BCUT2D eigenvalue weighted by Crippen LogP contribution is 2.08. The van der Waals surface area contributed by atoms with Crippen LogP contribution in [0.4, 0.5) is 4.79 Å². The molecule has 0 unspecified atom stereocenters. The summed E-state index contributed by atoms with van der Waals surface area (Å²) in [5, 5.41) is 11.3. The highest BCUT2D eigenvalue weighted by molar-refractivity contribution is 5.72. The molecule has 0 saturated heterocycles. The average Bonchev–Trinajstić information content (AvgIpc) is 2.08. The zero-order valence-electron chi connectivity index (χ0n) is 10.4. The molecule has 1 amide bonds. The van der Waals surface area contributed by atoms with Crippen molar-refractivity contribution in [2.45, 2.75) is 46.1 Å². The van der Waals surface area contributed by atoms with Gasteiger partial charge in [0.25, 0.3) is 0 Å². The van der Waals surface area contributed by atoms with E-state index >= 15 is 0 Å². The normalized spacial score (nSPS) is 13.0. The number of amides is 1. The van der Waals surface area contributed by atoms with E-state index in [0.29, 0.717) is 6.42 Å². The molecule has 0 aromatic heterocycles. The Bertz CT molecular complexity index is 245. The SMILES string of the molecule is CCC[C@@H](CNC(=O)OC(C)(C)C)C(=O)O. The zero-order valence-corrected chi connectivity index (χ0v) is 10.4. The van der Waals surface area contributed by atoms with Crippen LogP contribution >= 0.6 is 0 Å². The van der Waals surface area contributed by atoms with Gasteiger partial charge in [-0.1, -0.05) is 13.3 Å². The number of carbonyl (C=O) groups excluding carboxylic acids is 1. The minimum Gasteiger partial charge on any atom is -0.481 e. The molecule has 0 aliphatic heterocycles. The van der Waals surface area contributed by atoms with Gasteiger partial charge in [-0.2, -0.15) is 0 Å². The van der Waals surface area contributed by atoms with Crippen molar-refractivity contribution in [1.29, 1.82) is 0 Å². The Labute approximate surface area is 96.2 Å². The Hall–Kier alpha value is -1.26. The maximum absolute atomic E-state index is 11.3. The van der Waals surface area contributed by atoms with Crippen molar-refractivity contribution >= 4 is 12.1 Å². The van der Waals surface area contributed by atoms with Crippen LogP contribution in [0.5, 0.6) is 0 Å². The number of hydrogen-bond donors (Lipinski definition) is 2. The highest BCUT2D eigenvalue weighted by atomic mass is 16.6. The van der Waals surface area contributed by atoms with Gasteiger partial charge in [0.15, 0.2) is 0 Å². The van der Waals surface area contributed by atoms with Crippen molar-refractivity contribution < 1.29 is 19.4 Å². The lowest BCUT2D eigenvalue weighted by atomic mass is 10.0. The number of carbonyl (C=O) groups is 2. The summed E-state index contributed by atoms with van der Waals surface area (Å²) >= 11 is 0. The molecule has 5 nitrogen and oxygen atoms in total. The van der Waals surface area contributed by atoms with E-state index in [9.17, 15) is 9.59 Å². The van der Waals surface area contributed by atoms with Crippen LogP contribution in [-0.2, 0) is 9.53 Å². The van der Waals surface area contributed by atoms with E-state index in [1.165, 1.54) is 0 Å². The summed E-state index contributed by atoms with van der Waals surface area (Å²) in [6, 6.07) is 0. The first-order chi connectivity index (χ1) is 7.26. The van der Waals surface area contributed by atoms with E-state index in [2.05, 4.69) is 5.32 Å². The minimum atomic E-state index is -0.891. The van der Waals surface area contributed by atoms with E-state index in [1.807, 2.05) is 6.92 Å². The lowest BCUT2D eigenvalue weighted by Gasteiger charge is -2.20. The maximum atomic E-state index is 11.3. The van der Waals surface area contributed by atoms with Crippen LogP contribution in [0.2, 0.25) is 0 Å². The van der Waals surface area contributed by atoms with Crippen molar-refractivity contribution in [1.82, 2.24) is 5.32 Å². The first-order valence-electron chi connectivity index (χ1n) is 5.46. The summed E-state index contributed by atoms with van der Waals surface area (Å²) in [5.74, 6) is -1.43. The Morgan fingerprint density at radius 1 is 1.38 bits per heavy atom. The molecule has 0 spiro atoms. The number of aliphatic carboxylic acids is 1. The van der Waals surface area contributed by atoms with Gasteiger partial charge in [0.1, 0.15) is 5.60 Å².